The number of sulfonamides is 1. The number of ether oxygens (including phenoxy) is 1. The third-order valence-corrected chi connectivity index (χ3v) is 7.41. The normalized spacial score (nSPS) is 11.3. The molecule has 0 aliphatic carbocycles. The second-order valence-electron chi connectivity index (χ2n) is 8.34. The van der Waals surface area contributed by atoms with Crippen molar-refractivity contribution in [1.29, 1.82) is 0 Å². The fraction of sp³-hybridized carbons (Fsp3) is 0.179. The van der Waals surface area contributed by atoms with Crippen LogP contribution in [0.1, 0.15) is 11.1 Å². The summed E-state index contributed by atoms with van der Waals surface area (Å²) in [7, 11) is -3.94. The molecule has 0 spiro atoms. The van der Waals surface area contributed by atoms with E-state index < -0.39 is 15.9 Å². The van der Waals surface area contributed by atoms with Crippen LogP contribution in [0.4, 0.5) is 5.69 Å². The number of fused-ring (bicyclic) bond motifs is 1. The molecule has 4 aromatic rings. The zero-order chi connectivity index (χ0) is 24.8. The van der Waals surface area contributed by atoms with Gasteiger partial charge in [-0.15, -0.1) is 0 Å². The minimum Gasteiger partial charge on any atom is -0.491 e. The van der Waals surface area contributed by atoms with Gasteiger partial charge in [-0.1, -0.05) is 66.2 Å². The molecule has 0 aromatic heterocycles. The molecule has 35 heavy (non-hydrogen) atoms. The molecule has 180 valence electrons. The van der Waals surface area contributed by atoms with E-state index in [1.165, 1.54) is 0 Å². The van der Waals surface area contributed by atoms with Crippen LogP contribution in [0.15, 0.2) is 95.9 Å². The van der Waals surface area contributed by atoms with Crippen molar-refractivity contribution in [1.82, 2.24) is 5.32 Å². The number of benzene rings is 4. The van der Waals surface area contributed by atoms with Gasteiger partial charge in [0.15, 0.2) is 0 Å². The average Bonchev–Trinajstić information content (AvgIpc) is 2.85. The number of rotatable bonds is 9. The van der Waals surface area contributed by atoms with Crippen LogP contribution in [0.5, 0.6) is 5.75 Å². The average molecular weight is 489 g/mol. The van der Waals surface area contributed by atoms with Gasteiger partial charge < -0.3 is 10.1 Å². The van der Waals surface area contributed by atoms with Crippen LogP contribution in [0.2, 0.25) is 0 Å². The van der Waals surface area contributed by atoms with Gasteiger partial charge in [-0.25, -0.2) is 8.42 Å². The van der Waals surface area contributed by atoms with Gasteiger partial charge >= 0.3 is 0 Å². The number of nitrogens with one attached hydrogen (secondary N) is 1. The van der Waals surface area contributed by atoms with Gasteiger partial charge in [0.05, 0.1) is 17.1 Å². The predicted molar refractivity (Wildman–Crippen MR) is 139 cm³/mol. The molecule has 6 nitrogen and oxygen atoms in total. The Kier molecular flexibility index (Phi) is 7.36. The molecule has 0 saturated heterocycles. The summed E-state index contributed by atoms with van der Waals surface area (Å²) in [5.74, 6) is 0.324. The highest BCUT2D eigenvalue weighted by Gasteiger charge is 2.27. The highest BCUT2D eigenvalue weighted by molar-refractivity contribution is 7.92. The smallest absolute Gasteiger partial charge is 0.264 e. The topological polar surface area (TPSA) is 75.7 Å². The van der Waals surface area contributed by atoms with Crippen LogP contribution in [-0.4, -0.2) is 34.0 Å². The van der Waals surface area contributed by atoms with Crippen LogP contribution in [0.25, 0.3) is 10.8 Å². The van der Waals surface area contributed by atoms with Crippen LogP contribution >= 0.6 is 0 Å². The largest absolute Gasteiger partial charge is 0.491 e. The molecule has 0 atom stereocenters. The Bertz CT molecular complexity index is 1430. The number of carbonyl (C=O) groups excluding carboxylic acids is 1. The van der Waals surface area contributed by atoms with Gasteiger partial charge in [0.1, 0.15) is 18.9 Å². The Morgan fingerprint density at radius 1 is 0.857 bits per heavy atom. The first kappa shape index (κ1) is 24.3. The Labute approximate surface area is 206 Å². The maximum Gasteiger partial charge on any atom is 0.264 e. The molecule has 1 amide bonds. The lowest BCUT2D eigenvalue weighted by atomic mass is 10.1. The van der Waals surface area contributed by atoms with Gasteiger partial charge in [0, 0.05) is 5.39 Å². The second-order valence-corrected chi connectivity index (χ2v) is 10.2. The van der Waals surface area contributed by atoms with Crippen molar-refractivity contribution in [2.24, 2.45) is 0 Å². The van der Waals surface area contributed by atoms with E-state index in [1.807, 2.05) is 62.4 Å². The van der Waals surface area contributed by atoms with Crippen molar-refractivity contribution in [2.45, 2.75) is 18.7 Å². The number of hydrogen-bond donors (Lipinski definition) is 1. The SMILES string of the molecule is Cc1ccc(S(=O)(=O)N(CC(=O)NCCOc2cccc3ccccc23)c2cccc(C)c2)cc1. The Morgan fingerprint density at radius 3 is 2.34 bits per heavy atom. The van der Waals surface area contributed by atoms with Crippen LogP contribution in [0, 0.1) is 13.8 Å². The van der Waals surface area contributed by atoms with E-state index in [2.05, 4.69) is 5.32 Å². The van der Waals surface area contributed by atoms with E-state index in [0.717, 1.165) is 32.0 Å². The summed E-state index contributed by atoms with van der Waals surface area (Å²) >= 11 is 0. The molecule has 0 aliphatic heterocycles. The molecular weight excluding hydrogens is 460 g/mol. The van der Waals surface area contributed by atoms with Crippen molar-refractivity contribution in [3.63, 3.8) is 0 Å². The lowest BCUT2D eigenvalue weighted by Crippen LogP contribution is -2.42. The Hall–Kier alpha value is -3.84. The highest BCUT2D eigenvalue weighted by atomic mass is 32.2. The highest BCUT2D eigenvalue weighted by Crippen LogP contribution is 2.26. The number of nitrogens with zero attached hydrogens (tertiary/aromatic N) is 1. The quantitative estimate of drug-likeness (QED) is 0.342. The van der Waals surface area contributed by atoms with Gasteiger partial charge in [0.25, 0.3) is 10.0 Å². The third kappa shape index (κ3) is 5.81. The standard InChI is InChI=1S/C28H28N2O4S/c1-21-13-15-25(16-14-21)35(32,33)30(24-10-5-7-22(2)19-24)20-28(31)29-17-18-34-27-12-6-9-23-8-3-4-11-26(23)27/h3-16,19H,17-18,20H2,1-2H3,(H,29,31). The number of aryl methyl sites for hydroxylation is 2. The summed E-state index contributed by atoms with van der Waals surface area (Å²) < 4.78 is 33.9. The molecule has 7 heteroatoms. The number of hydrogen-bond acceptors (Lipinski definition) is 4. The molecule has 0 unspecified atom stereocenters. The first-order valence-corrected chi connectivity index (χ1v) is 12.8. The molecule has 1 N–H and O–H groups in total. The molecule has 0 heterocycles. The van der Waals surface area contributed by atoms with E-state index in [4.69, 9.17) is 4.74 Å². The molecule has 4 aromatic carbocycles. The zero-order valence-electron chi connectivity index (χ0n) is 19.8. The van der Waals surface area contributed by atoms with E-state index in [0.29, 0.717) is 5.69 Å². The summed E-state index contributed by atoms with van der Waals surface area (Å²) in [6, 6.07) is 27.4. The molecule has 0 saturated carbocycles. The molecular formula is C28H28N2O4S. The minimum atomic E-state index is -3.94. The molecule has 4 rings (SSSR count). The number of carbonyl (C=O) groups is 1. The first-order valence-electron chi connectivity index (χ1n) is 11.4. The minimum absolute atomic E-state index is 0.136. The summed E-state index contributed by atoms with van der Waals surface area (Å²) in [5.41, 5.74) is 2.29. The van der Waals surface area contributed by atoms with E-state index >= 15 is 0 Å². The van der Waals surface area contributed by atoms with Crippen molar-refractivity contribution in [2.75, 3.05) is 24.0 Å². The first-order chi connectivity index (χ1) is 16.8. The van der Waals surface area contributed by atoms with Crippen molar-refractivity contribution in [3.05, 3.63) is 102 Å². The number of amides is 1. The molecule has 0 fully saturated rings. The summed E-state index contributed by atoms with van der Waals surface area (Å²) in [6.45, 7) is 3.94. The van der Waals surface area contributed by atoms with Crippen molar-refractivity contribution >= 4 is 32.4 Å². The van der Waals surface area contributed by atoms with Gasteiger partial charge in [-0.2, -0.15) is 0 Å². The van der Waals surface area contributed by atoms with E-state index in [1.54, 1.807) is 42.5 Å². The maximum atomic E-state index is 13.5. The number of anilines is 1. The van der Waals surface area contributed by atoms with Crippen molar-refractivity contribution in [3.8, 4) is 5.75 Å². The third-order valence-electron chi connectivity index (χ3n) is 5.62. The molecule has 0 aliphatic rings. The summed E-state index contributed by atoms with van der Waals surface area (Å²) in [6.07, 6.45) is 0. The van der Waals surface area contributed by atoms with Gasteiger partial charge in [-0.3, -0.25) is 9.10 Å². The molecule has 0 bridgehead atoms. The second kappa shape index (κ2) is 10.6. The predicted octanol–water partition coefficient (Wildman–Crippen LogP) is 4.85. The van der Waals surface area contributed by atoms with Gasteiger partial charge in [-0.05, 0) is 55.1 Å². The summed E-state index contributed by atoms with van der Waals surface area (Å²) in [4.78, 5) is 12.9. The fourth-order valence-electron chi connectivity index (χ4n) is 3.79. The Balaban J connectivity index is 1.45. The monoisotopic (exact) mass is 488 g/mol. The fourth-order valence-corrected chi connectivity index (χ4v) is 5.21. The van der Waals surface area contributed by atoms with Crippen LogP contribution in [0.3, 0.4) is 0 Å². The van der Waals surface area contributed by atoms with Crippen LogP contribution in [-0.2, 0) is 14.8 Å². The lowest BCUT2D eigenvalue weighted by molar-refractivity contribution is -0.119. The summed E-state index contributed by atoms with van der Waals surface area (Å²) in [5, 5.41) is 4.85. The zero-order valence-corrected chi connectivity index (χ0v) is 20.6. The van der Waals surface area contributed by atoms with E-state index in [9.17, 15) is 13.2 Å². The van der Waals surface area contributed by atoms with E-state index in [-0.39, 0.29) is 24.6 Å². The van der Waals surface area contributed by atoms with Crippen molar-refractivity contribution < 1.29 is 17.9 Å². The maximum absolute atomic E-state index is 13.5. The van der Waals surface area contributed by atoms with Crippen LogP contribution < -0.4 is 14.4 Å². The van der Waals surface area contributed by atoms with Gasteiger partial charge in [0.2, 0.25) is 5.91 Å². The molecule has 0 radical (unpaired) electrons. The Morgan fingerprint density at radius 2 is 1.57 bits per heavy atom. The lowest BCUT2D eigenvalue weighted by Gasteiger charge is -2.24.